The van der Waals surface area contributed by atoms with Crippen molar-refractivity contribution in [3.63, 3.8) is 0 Å². The van der Waals surface area contributed by atoms with Gasteiger partial charge in [-0.3, -0.25) is 0 Å². The first-order valence-corrected chi connectivity index (χ1v) is 8.87. The number of fused-ring (bicyclic) bond motifs is 2. The fourth-order valence-corrected chi connectivity index (χ4v) is 3.51. The Morgan fingerprint density at radius 3 is 2.29 bits per heavy atom. The molecule has 146 valence electrons. The van der Waals surface area contributed by atoms with Crippen LogP contribution in [0.3, 0.4) is 0 Å². The molecule has 0 bridgehead atoms. The number of aromatic nitrogens is 2. The van der Waals surface area contributed by atoms with Gasteiger partial charge in [0.05, 0.1) is 26.8 Å². The third kappa shape index (κ3) is 2.96. The molecule has 0 amide bonds. The fraction of sp³-hybridized carbons (Fsp3) is 0.300. The lowest BCUT2D eigenvalue weighted by Crippen LogP contribution is -2.32. The molecule has 1 aromatic heterocycles. The first-order valence-electron chi connectivity index (χ1n) is 8.87. The minimum absolute atomic E-state index is 0.0138. The molecule has 0 saturated carbocycles. The lowest BCUT2D eigenvalue weighted by molar-refractivity contribution is 0.353. The van der Waals surface area contributed by atoms with Crippen LogP contribution in [0.2, 0.25) is 0 Å². The van der Waals surface area contributed by atoms with Gasteiger partial charge in [0.2, 0.25) is 5.95 Å². The molecule has 0 spiro atoms. The van der Waals surface area contributed by atoms with Crippen LogP contribution in [0.4, 0.5) is 11.8 Å². The van der Waals surface area contributed by atoms with E-state index in [1.54, 1.807) is 26.4 Å². The van der Waals surface area contributed by atoms with Crippen LogP contribution in [0.1, 0.15) is 11.1 Å². The maximum absolute atomic E-state index is 10.1. The molecule has 3 N–H and O–H groups in total. The molecule has 0 saturated heterocycles. The van der Waals surface area contributed by atoms with Gasteiger partial charge in [0, 0.05) is 24.5 Å². The molecule has 2 heterocycles. The topological polar surface area (TPSA) is 103 Å². The van der Waals surface area contributed by atoms with E-state index in [2.05, 4.69) is 14.9 Å². The number of phenolic OH excluding ortho intramolecular Hbond substituents is 1. The van der Waals surface area contributed by atoms with Crippen LogP contribution < -0.4 is 24.8 Å². The van der Waals surface area contributed by atoms with Crippen LogP contribution in [0.25, 0.3) is 10.9 Å². The molecule has 0 unspecified atom stereocenters. The van der Waals surface area contributed by atoms with Gasteiger partial charge >= 0.3 is 0 Å². The Labute approximate surface area is 162 Å². The molecule has 0 radical (unpaired) electrons. The molecular formula is C20H22N4O4. The number of phenols is 1. The number of methoxy groups -OCH3 is 3. The second-order valence-corrected chi connectivity index (χ2v) is 6.60. The Morgan fingerprint density at radius 2 is 1.61 bits per heavy atom. The van der Waals surface area contributed by atoms with E-state index in [-0.39, 0.29) is 5.75 Å². The maximum Gasteiger partial charge on any atom is 0.228 e. The number of ether oxygens (including phenoxy) is 3. The molecule has 0 aliphatic carbocycles. The van der Waals surface area contributed by atoms with Gasteiger partial charge in [0.15, 0.2) is 23.0 Å². The van der Waals surface area contributed by atoms with Gasteiger partial charge < -0.3 is 30.0 Å². The maximum atomic E-state index is 10.1. The monoisotopic (exact) mass is 382 g/mol. The molecule has 8 nitrogen and oxygen atoms in total. The SMILES string of the molecule is COc1cc2c(N)nc(N3CCc4cc(OC)c(OC)cc4C3)nc2cc1O. The van der Waals surface area contributed by atoms with E-state index in [4.69, 9.17) is 19.9 Å². The summed E-state index contributed by atoms with van der Waals surface area (Å²) in [5, 5.41) is 10.7. The molecule has 8 heteroatoms. The molecular weight excluding hydrogens is 360 g/mol. The van der Waals surface area contributed by atoms with Crippen LogP contribution in [-0.2, 0) is 13.0 Å². The Morgan fingerprint density at radius 1 is 0.929 bits per heavy atom. The summed E-state index contributed by atoms with van der Waals surface area (Å²) in [4.78, 5) is 11.1. The Balaban J connectivity index is 1.71. The smallest absolute Gasteiger partial charge is 0.228 e. The van der Waals surface area contributed by atoms with Crippen molar-refractivity contribution in [2.75, 3.05) is 38.5 Å². The van der Waals surface area contributed by atoms with Crippen molar-refractivity contribution in [2.24, 2.45) is 0 Å². The van der Waals surface area contributed by atoms with Crippen LogP contribution >= 0.6 is 0 Å². The highest BCUT2D eigenvalue weighted by Gasteiger charge is 2.22. The molecule has 1 aliphatic heterocycles. The van der Waals surface area contributed by atoms with Gasteiger partial charge in [-0.05, 0) is 35.7 Å². The summed E-state index contributed by atoms with van der Waals surface area (Å²) >= 11 is 0. The number of hydrogen-bond donors (Lipinski definition) is 2. The van der Waals surface area contributed by atoms with Crippen molar-refractivity contribution >= 4 is 22.7 Å². The van der Waals surface area contributed by atoms with Crippen molar-refractivity contribution < 1.29 is 19.3 Å². The summed E-state index contributed by atoms with van der Waals surface area (Å²) in [5.41, 5.74) is 9.07. The van der Waals surface area contributed by atoms with E-state index in [0.717, 1.165) is 24.3 Å². The van der Waals surface area contributed by atoms with Crippen LogP contribution in [-0.4, -0.2) is 42.9 Å². The number of benzene rings is 2. The van der Waals surface area contributed by atoms with E-state index in [0.29, 0.717) is 40.7 Å². The predicted octanol–water partition coefficient (Wildman–Crippen LogP) is 2.51. The summed E-state index contributed by atoms with van der Waals surface area (Å²) in [7, 11) is 4.75. The van der Waals surface area contributed by atoms with Gasteiger partial charge in [0.25, 0.3) is 0 Å². The highest BCUT2D eigenvalue weighted by atomic mass is 16.5. The van der Waals surface area contributed by atoms with E-state index >= 15 is 0 Å². The van der Waals surface area contributed by atoms with Gasteiger partial charge in [-0.15, -0.1) is 0 Å². The highest BCUT2D eigenvalue weighted by Crippen LogP contribution is 2.36. The average Bonchev–Trinajstić information content (AvgIpc) is 2.71. The largest absolute Gasteiger partial charge is 0.504 e. The Hall–Kier alpha value is -3.42. The van der Waals surface area contributed by atoms with Crippen molar-refractivity contribution in [3.05, 3.63) is 35.4 Å². The van der Waals surface area contributed by atoms with Gasteiger partial charge in [-0.25, -0.2) is 4.98 Å². The second kappa shape index (κ2) is 6.95. The zero-order valence-corrected chi connectivity index (χ0v) is 16.0. The van der Waals surface area contributed by atoms with Crippen molar-refractivity contribution in [1.29, 1.82) is 0 Å². The van der Waals surface area contributed by atoms with Crippen molar-refractivity contribution in [1.82, 2.24) is 9.97 Å². The first kappa shape index (κ1) is 18.0. The number of nitrogens with zero attached hydrogens (tertiary/aromatic N) is 3. The van der Waals surface area contributed by atoms with E-state index in [9.17, 15) is 5.11 Å². The summed E-state index contributed by atoms with van der Waals surface area (Å²) < 4.78 is 16.0. The number of nitrogens with two attached hydrogens (primary N) is 1. The molecule has 3 aromatic rings. The quantitative estimate of drug-likeness (QED) is 0.709. The predicted molar refractivity (Wildman–Crippen MR) is 106 cm³/mol. The average molecular weight is 382 g/mol. The molecule has 1 aliphatic rings. The fourth-order valence-electron chi connectivity index (χ4n) is 3.51. The molecule has 4 rings (SSSR count). The van der Waals surface area contributed by atoms with Gasteiger partial charge in [-0.2, -0.15) is 4.98 Å². The molecule has 0 fully saturated rings. The van der Waals surface area contributed by atoms with Gasteiger partial charge in [0.1, 0.15) is 5.82 Å². The normalized spacial score (nSPS) is 13.3. The molecule has 28 heavy (non-hydrogen) atoms. The van der Waals surface area contributed by atoms with E-state index in [1.807, 2.05) is 12.1 Å². The van der Waals surface area contributed by atoms with Crippen LogP contribution in [0.15, 0.2) is 24.3 Å². The summed E-state index contributed by atoms with van der Waals surface area (Å²) in [6.07, 6.45) is 0.824. The second-order valence-electron chi connectivity index (χ2n) is 6.60. The van der Waals surface area contributed by atoms with E-state index in [1.165, 1.54) is 12.7 Å². The Bertz CT molecular complexity index is 1050. The summed E-state index contributed by atoms with van der Waals surface area (Å²) in [6, 6.07) is 7.20. The summed E-state index contributed by atoms with van der Waals surface area (Å²) in [5.74, 6) is 2.64. The first-order chi connectivity index (χ1) is 13.5. The van der Waals surface area contributed by atoms with E-state index < -0.39 is 0 Å². The number of rotatable bonds is 4. The van der Waals surface area contributed by atoms with Crippen LogP contribution in [0, 0.1) is 0 Å². The zero-order chi connectivity index (χ0) is 19.8. The number of hydrogen-bond acceptors (Lipinski definition) is 8. The minimum atomic E-state index is 0.0138. The van der Waals surface area contributed by atoms with Crippen LogP contribution in [0.5, 0.6) is 23.0 Å². The van der Waals surface area contributed by atoms with Crippen molar-refractivity contribution in [3.8, 4) is 23.0 Å². The third-order valence-corrected chi connectivity index (χ3v) is 5.01. The molecule has 2 aromatic carbocycles. The molecule has 0 atom stereocenters. The summed E-state index contributed by atoms with van der Waals surface area (Å²) in [6.45, 7) is 1.37. The minimum Gasteiger partial charge on any atom is -0.504 e. The number of anilines is 2. The van der Waals surface area contributed by atoms with Crippen molar-refractivity contribution in [2.45, 2.75) is 13.0 Å². The lowest BCUT2D eigenvalue weighted by Gasteiger charge is -2.30. The number of nitrogen functional groups attached to an aromatic ring is 1. The van der Waals surface area contributed by atoms with Gasteiger partial charge in [-0.1, -0.05) is 0 Å². The standard InChI is InChI=1S/C20H22N4O4/c1-26-16-8-13-14(9-15(16)25)22-20(23-19(13)21)24-5-4-11-6-17(27-2)18(28-3)7-12(11)10-24/h6-9,25H,4-5,10H2,1-3H3,(H2,21,22,23). The lowest BCUT2D eigenvalue weighted by atomic mass is 9.99. The zero-order valence-electron chi connectivity index (χ0n) is 16.0. The Kier molecular flexibility index (Phi) is 4.46. The number of aromatic hydroxyl groups is 1. The highest BCUT2D eigenvalue weighted by molar-refractivity contribution is 5.91. The third-order valence-electron chi connectivity index (χ3n) is 5.01.